The monoisotopic (exact) mass is 340 g/mol. The average molecular weight is 341 g/mol. The predicted molar refractivity (Wildman–Crippen MR) is 94.7 cm³/mol. The van der Waals surface area contributed by atoms with E-state index >= 15 is 0 Å². The second-order valence-corrected chi connectivity index (χ2v) is 6.73. The van der Waals surface area contributed by atoms with E-state index in [9.17, 15) is 0 Å². The van der Waals surface area contributed by atoms with Gasteiger partial charge in [-0.25, -0.2) is 0 Å². The van der Waals surface area contributed by atoms with Gasteiger partial charge in [-0.15, -0.1) is 0 Å². The summed E-state index contributed by atoms with van der Waals surface area (Å²) in [5.41, 5.74) is 7.01. The van der Waals surface area contributed by atoms with E-state index in [1.165, 1.54) is 51.6 Å². The quantitative estimate of drug-likeness (QED) is 0.609. The van der Waals surface area contributed by atoms with Gasteiger partial charge in [0.1, 0.15) is 0 Å². The van der Waals surface area contributed by atoms with Gasteiger partial charge >= 0.3 is 0 Å². The van der Waals surface area contributed by atoms with E-state index in [1.807, 2.05) is 0 Å². The van der Waals surface area contributed by atoms with Crippen LogP contribution in [-0.2, 0) is 6.42 Å². The first kappa shape index (κ1) is 14.6. The molecule has 1 unspecified atom stereocenters. The van der Waals surface area contributed by atoms with Gasteiger partial charge in [-0.1, -0.05) is 71.7 Å². The first-order valence-corrected chi connectivity index (χ1v) is 8.56. The van der Waals surface area contributed by atoms with Crippen LogP contribution in [0.1, 0.15) is 54.9 Å². The van der Waals surface area contributed by atoms with E-state index in [2.05, 4.69) is 78.3 Å². The maximum atomic E-state index is 3.73. The number of unbranched alkanes of at least 4 members (excludes halogenated alkanes) is 1. The van der Waals surface area contributed by atoms with Crippen molar-refractivity contribution in [3.05, 3.63) is 75.3 Å². The lowest BCUT2D eigenvalue weighted by Crippen LogP contribution is -1.97. The predicted octanol–water partition coefficient (Wildman–Crippen LogP) is 6.34. The summed E-state index contributed by atoms with van der Waals surface area (Å²) in [6, 6.07) is 15.7. The molecule has 0 fully saturated rings. The fourth-order valence-electron chi connectivity index (χ4n) is 3.16. The van der Waals surface area contributed by atoms with Crippen molar-refractivity contribution in [2.24, 2.45) is 0 Å². The number of hydrogen-bond acceptors (Lipinski definition) is 0. The van der Waals surface area contributed by atoms with Gasteiger partial charge < -0.3 is 0 Å². The van der Waals surface area contributed by atoms with Crippen molar-refractivity contribution in [1.29, 1.82) is 0 Å². The minimum Gasteiger partial charge on any atom is -0.0690 e. The van der Waals surface area contributed by atoms with Crippen molar-refractivity contribution >= 4 is 21.5 Å². The second kappa shape index (κ2) is 6.19. The standard InChI is InChI=1S/C20H21Br/c1-3-4-6-15-9-11-16(12-10-15)18-13-14(2)17-7-5-8-19(21)20(17)18/h5,7-13,18H,3-4,6H2,1-2H3. The molecule has 1 heteroatoms. The van der Waals surface area contributed by atoms with E-state index in [1.54, 1.807) is 0 Å². The molecule has 2 aromatic carbocycles. The van der Waals surface area contributed by atoms with Crippen LogP contribution in [0.3, 0.4) is 0 Å². The summed E-state index contributed by atoms with van der Waals surface area (Å²) >= 11 is 3.73. The van der Waals surface area contributed by atoms with E-state index in [0.717, 1.165) is 0 Å². The zero-order valence-corrected chi connectivity index (χ0v) is 14.3. The van der Waals surface area contributed by atoms with Crippen LogP contribution >= 0.6 is 15.9 Å². The summed E-state index contributed by atoms with van der Waals surface area (Å²) in [7, 11) is 0. The van der Waals surface area contributed by atoms with Crippen LogP contribution in [0, 0.1) is 0 Å². The molecule has 0 amide bonds. The Morgan fingerprint density at radius 2 is 1.81 bits per heavy atom. The molecule has 1 aliphatic carbocycles. The van der Waals surface area contributed by atoms with E-state index in [-0.39, 0.29) is 0 Å². The molecule has 3 rings (SSSR count). The molecular weight excluding hydrogens is 320 g/mol. The number of hydrogen-bond donors (Lipinski definition) is 0. The largest absolute Gasteiger partial charge is 0.0690 e. The number of fused-ring (bicyclic) bond motifs is 1. The molecule has 2 aromatic rings. The molecule has 0 aromatic heterocycles. The zero-order valence-electron chi connectivity index (χ0n) is 12.7. The highest BCUT2D eigenvalue weighted by molar-refractivity contribution is 9.10. The highest BCUT2D eigenvalue weighted by atomic mass is 79.9. The minimum absolute atomic E-state index is 0.385. The lowest BCUT2D eigenvalue weighted by atomic mass is 9.92. The number of rotatable bonds is 4. The van der Waals surface area contributed by atoms with Crippen LogP contribution < -0.4 is 0 Å². The van der Waals surface area contributed by atoms with E-state index in [0.29, 0.717) is 5.92 Å². The molecule has 0 heterocycles. The minimum atomic E-state index is 0.385. The Kier molecular flexibility index (Phi) is 4.30. The third-order valence-corrected chi connectivity index (χ3v) is 5.05. The van der Waals surface area contributed by atoms with Gasteiger partial charge in [-0.3, -0.25) is 0 Å². The van der Waals surface area contributed by atoms with Gasteiger partial charge in [-0.2, -0.15) is 0 Å². The van der Waals surface area contributed by atoms with Crippen LogP contribution in [-0.4, -0.2) is 0 Å². The van der Waals surface area contributed by atoms with Gasteiger partial charge in [0.15, 0.2) is 0 Å². The van der Waals surface area contributed by atoms with Gasteiger partial charge in [-0.05, 0) is 53.7 Å². The Morgan fingerprint density at radius 3 is 2.52 bits per heavy atom. The molecule has 21 heavy (non-hydrogen) atoms. The SMILES string of the molecule is CCCCc1ccc(C2C=C(C)c3cccc(Br)c32)cc1. The van der Waals surface area contributed by atoms with Crippen LogP contribution in [0.15, 0.2) is 53.0 Å². The van der Waals surface area contributed by atoms with Crippen LogP contribution in [0.4, 0.5) is 0 Å². The third-order valence-electron chi connectivity index (χ3n) is 4.36. The lowest BCUT2D eigenvalue weighted by Gasteiger charge is -2.14. The Morgan fingerprint density at radius 1 is 1.05 bits per heavy atom. The Hall–Kier alpha value is -1.34. The smallest absolute Gasteiger partial charge is 0.0292 e. The molecule has 0 saturated heterocycles. The van der Waals surface area contributed by atoms with E-state index in [4.69, 9.17) is 0 Å². The maximum Gasteiger partial charge on any atom is 0.0292 e. The van der Waals surface area contributed by atoms with Crippen molar-refractivity contribution < 1.29 is 0 Å². The van der Waals surface area contributed by atoms with Crippen molar-refractivity contribution in [3.63, 3.8) is 0 Å². The topological polar surface area (TPSA) is 0 Å². The van der Waals surface area contributed by atoms with Crippen LogP contribution in [0.5, 0.6) is 0 Å². The van der Waals surface area contributed by atoms with Crippen LogP contribution in [0.2, 0.25) is 0 Å². The van der Waals surface area contributed by atoms with E-state index < -0.39 is 0 Å². The molecule has 0 bridgehead atoms. The molecule has 0 saturated carbocycles. The summed E-state index contributed by atoms with van der Waals surface area (Å²) in [4.78, 5) is 0. The Bertz CT molecular complexity index is 665. The number of allylic oxidation sites excluding steroid dienone is 2. The second-order valence-electron chi connectivity index (χ2n) is 5.87. The molecule has 0 aliphatic heterocycles. The van der Waals surface area contributed by atoms with Gasteiger partial charge in [0.05, 0.1) is 0 Å². The van der Waals surface area contributed by atoms with Crippen molar-refractivity contribution in [2.45, 2.75) is 39.0 Å². The fraction of sp³-hybridized carbons (Fsp3) is 0.300. The van der Waals surface area contributed by atoms with Gasteiger partial charge in [0.2, 0.25) is 0 Å². The Balaban J connectivity index is 1.92. The lowest BCUT2D eigenvalue weighted by molar-refractivity contribution is 0.794. The zero-order chi connectivity index (χ0) is 14.8. The summed E-state index contributed by atoms with van der Waals surface area (Å²) in [5, 5.41) is 0. The van der Waals surface area contributed by atoms with Crippen LogP contribution in [0.25, 0.3) is 5.57 Å². The van der Waals surface area contributed by atoms with Gasteiger partial charge in [0.25, 0.3) is 0 Å². The molecule has 0 spiro atoms. The Labute approximate surface area is 136 Å². The number of halogens is 1. The molecule has 1 aliphatic rings. The summed E-state index contributed by atoms with van der Waals surface area (Å²) in [6.07, 6.45) is 6.11. The molecule has 0 N–H and O–H groups in total. The highest BCUT2D eigenvalue weighted by Crippen LogP contribution is 2.43. The summed E-state index contributed by atoms with van der Waals surface area (Å²) in [6.45, 7) is 4.45. The normalized spacial score (nSPS) is 16.7. The number of benzene rings is 2. The summed E-state index contributed by atoms with van der Waals surface area (Å²) < 4.78 is 1.22. The average Bonchev–Trinajstić information content (AvgIpc) is 2.84. The highest BCUT2D eigenvalue weighted by Gasteiger charge is 2.24. The first-order chi connectivity index (χ1) is 10.2. The fourth-order valence-corrected chi connectivity index (χ4v) is 3.77. The first-order valence-electron chi connectivity index (χ1n) is 7.76. The summed E-state index contributed by atoms with van der Waals surface area (Å²) in [5.74, 6) is 0.385. The van der Waals surface area contributed by atoms with Crippen molar-refractivity contribution in [1.82, 2.24) is 0 Å². The maximum absolute atomic E-state index is 3.73. The molecule has 108 valence electrons. The number of aryl methyl sites for hydroxylation is 1. The molecule has 0 radical (unpaired) electrons. The third kappa shape index (κ3) is 2.85. The molecular formula is C20H21Br. The molecule has 0 nitrogen and oxygen atoms in total. The molecule has 1 atom stereocenters. The van der Waals surface area contributed by atoms with Gasteiger partial charge in [0, 0.05) is 10.4 Å². The van der Waals surface area contributed by atoms with Crippen molar-refractivity contribution in [2.75, 3.05) is 0 Å². The van der Waals surface area contributed by atoms with Crippen molar-refractivity contribution in [3.8, 4) is 0 Å².